The second-order valence-corrected chi connectivity index (χ2v) is 7.77. The molecule has 1 atom stereocenters. The summed E-state index contributed by atoms with van der Waals surface area (Å²) < 4.78 is 6.70. The molecule has 0 aliphatic carbocycles. The van der Waals surface area contributed by atoms with E-state index in [1.807, 2.05) is 12.1 Å². The third-order valence-electron chi connectivity index (χ3n) is 5.56. The van der Waals surface area contributed by atoms with E-state index >= 15 is 0 Å². The molecule has 168 valence electrons. The number of fused-ring (bicyclic) bond motifs is 1. The van der Waals surface area contributed by atoms with Gasteiger partial charge in [-0.05, 0) is 42.5 Å². The van der Waals surface area contributed by atoms with Gasteiger partial charge in [-0.3, -0.25) is 20.1 Å². The molecule has 0 radical (unpaired) electrons. The van der Waals surface area contributed by atoms with Crippen LogP contribution >= 0.6 is 0 Å². The van der Waals surface area contributed by atoms with Gasteiger partial charge in [0.15, 0.2) is 5.88 Å². The average molecular weight is 453 g/mol. The lowest BCUT2D eigenvalue weighted by atomic mass is 10.00. The summed E-state index contributed by atoms with van der Waals surface area (Å²) in [5, 5.41) is 16.9. The average Bonchev–Trinajstić information content (AvgIpc) is 3.32. The van der Waals surface area contributed by atoms with Gasteiger partial charge >= 0.3 is 6.03 Å². The van der Waals surface area contributed by atoms with Gasteiger partial charge in [-0.15, -0.1) is 0 Å². The molecule has 0 unspecified atom stereocenters. The molecule has 9 heteroatoms. The Morgan fingerprint density at radius 2 is 2.06 bits per heavy atom. The Morgan fingerprint density at radius 3 is 2.74 bits per heavy atom. The highest BCUT2D eigenvalue weighted by Crippen LogP contribution is 2.32. The zero-order valence-corrected chi connectivity index (χ0v) is 18.1. The number of ether oxygens (including phenoxy) is 1. The standard InChI is InChI=1S/C25H19N5O4/c1-34-19-6-5-18-14-30(22(31)20(18)11-19)15-25(23(32)28-24(33)29-25)9-8-16-4-7-21(27-12-16)17-3-2-10-26-13-17/h2-7,10-14,31H,15H2,1H3,(H2,28,29,32,33)/t25-/m1/s1. The summed E-state index contributed by atoms with van der Waals surface area (Å²) in [6, 6.07) is 11.9. The molecule has 9 nitrogen and oxygen atoms in total. The maximum atomic E-state index is 12.8. The topological polar surface area (TPSA) is 118 Å². The van der Waals surface area contributed by atoms with E-state index < -0.39 is 17.5 Å². The summed E-state index contributed by atoms with van der Waals surface area (Å²) in [5.74, 6) is 5.75. The number of hydrogen-bond acceptors (Lipinski definition) is 6. The van der Waals surface area contributed by atoms with Crippen LogP contribution in [-0.4, -0.2) is 44.2 Å². The third kappa shape index (κ3) is 3.78. The highest BCUT2D eigenvalue weighted by Gasteiger charge is 2.46. The van der Waals surface area contributed by atoms with E-state index in [0.29, 0.717) is 16.7 Å². The van der Waals surface area contributed by atoms with E-state index in [1.165, 1.54) is 11.7 Å². The van der Waals surface area contributed by atoms with Gasteiger partial charge < -0.3 is 19.7 Å². The number of hydrogen-bond donors (Lipinski definition) is 3. The quantitative estimate of drug-likeness (QED) is 0.323. The molecule has 4 heterocycles. The molecule has 3 aromatic heterocycles. The molecule has 3 amide bonds. The fourth-order valence-corrected chi connectivity index (χ4v) is 3.79. The minimum atomic E-state index is -1.57. The Bertz CT molecular complexity index is 1470. The summed E-state index contributed by atoms with van der Waals surface area (Å²) in [4.78, 5) is 33.3. The van der Waals surface area contributed by atoms with Crippen LogP contribution in [0.3, 0.4) is 0 Å². The number of imide groups is 1. The van der Waals surface area contributed by atoms with Crippen LogP contribution in [0.4, 0.5) is 4.79 Å². The predicted octanol–water partition coefficient (Wildman–Crippen LogP) is 2.44. The van der Waals surface area contributed by atoms with Gasteiger partial charge in [-0.1, -0.05) is 11.8 Å². The number of urea groups is 1. The number of nitrogens with zero attached hydrogens (tertiary/aromatic N) is 3. The lowest BCUT2D eigenvalue weighted by Gasteiger charge is -2.20. The van der Waals surface area contributed by atoms with Gasteiger partial charge in [-0.2, -0.15) is 0 Å². The molecule has 4 aromatic rings. The second-order valence-electron chi connectivity index (χ2n) is 7.77. The normalized spacial score (nSPS) is 17.1. The number of amides is 3. The minimum Gasteiger partial charge on any atom is -0.497 e. The maximum absolute atomic E-state index is 12.8. The van der Waals surface area contributed by atoms with Crippen LogP contribution in [0.2, 0.25) is 0 Å². The SMILES string of the molecule is COc1ccc2cn(C[C@@]3(C#Cc4ccc(-c5cccnc5)nc4)NC(=O)NC3=O)c(O)c2c1. The number of carbonyl (C=O) groups is 2. The summed E-state index contributed by atoms with van der Waals surface area (Å²) >= 11 is 0. The second kappa shape index (κ2) is 8.26. The lowest BCUT2D eigenvalue weighted by Crippen LogP contribution is -2.49. The number of benzene rings is 1. The first-order valence-corrected chi connectivity index (χ1v) is 10.4. The van der Waals surface area contributed by atoms with Crippen molar-refractivity contribution < 1.29 is 19.4 Å². The zero-order valence-electron chi connectivity index (χ0n) is 18.1. The van der Waals surface area contributed by atoms with Gasteiger partial charge in [-0.25, -0.2) is 4.79 Å². The highest BCUT2D eigenvalue weighted by molar-refractivity contribution is 6.09. The summed E-state index contributed by atoms with van der Waals surface area (Å²) in [6.45, 7) is -0.0956. The van der Waals surface area contributed by atoms with E-state index in [9.17, 15) is 14.7 Å². The number of aromatic hydroxyl groups is 1. The monoisotopic (exact) mass is 453 g/mol. The Morgan fingerprint density at radius 1 is 1.18 bits per heavy atom. The highest BCUT2D eigenvalue weighted by atomic mass is 16.5. The fourth-order valence-electron chi connectivity index (χ4n) is 3.79. The lowest BCUT2D eigenvalue weighted by molar-refractivity contribution is -0.122. The number of rotatable bonds is 4. The van der Waals surface area contributed by atoms with Crippen LogP contribution in [0, 0.1) is 11.8 Å². The Hall–Kier alpha value is -4.84. The van der Waals surface area contributed by atoms with Crippen LogP contribution in [0.15, 0.2) is 67.3 Å². The van der Waals surface area contributed by atoms with Crippen molar-refractivity contribution in [2.24, 2.45) is 0 Å². The fraction of sp³-hybridized carbons (Fsp3) is 0.120. The van der Waals surface area contributed by atoms with E-state index in [1.54, 1.807) is 55.1 Å². The molecular formula is C25H19N5O4. The smallest absolute Gasteiger partial charge is 0.323 e. The summed E-state index contributed by atoms with van der Waals surface area (Å²) in [6.07, 6.45) is 6.68. The Labute approximate surface area is 194 Å². The Kier molecular flexibility index (Phi) is 5.11. The number of nitrogens with one attached hydrogen (secondary N) is 2. The van der Waals surface area contributed by atoms with Crippen molar-refractivity contribution in [2.45, 2.75) is 12.1 Å². The maximum Gasteiger partial charge on any atom is 0.323 e. The van der Waals surface area contributed by atoms with Crippen molar-refractivity contribution >= 4 is 22.7 Å². The van der Waals surface area contributed by atoms with Gasteiger partial charge in [0, 0.05) is 46.7 Å². The molecule has 5 rings (SSSR count). The first-order valence-electron chi connectivity index (χ1n) is 10.4. The van der Waals surface area contributed by atoms with Crippen molar-refractivity contribution in [1.29, 1.82) is 0 Å². The molecule has 1 aliphatic heterocycles. The van der Waals surface area contributed by atoms with Gasteiger partial charge in [0.2, 0.25) is 5.54 Å². The van der Waals surface area contributed by atoms with Gasteiger partial charge in [0.25, 0.3) is 5.91 Å². The molecular weight excluding hydrogens is 434 g/mol. The molecule has 1 saturated heterocycles. The van der Waals surface area contributed by atoms with E-state index in [0.717, 1.165) is 16.6 Å². The first kappa shape index (κ1) is 21.0. The van der Waals surface area contributed by atoms with Crippen molar-refractivity contribution in [2.75, 3.05) is 7.11 Å². The molecule has 1 aromatic carbocycles. The molecule has 1 aliphatic rings. The van der Waals surface area contributed by atoms with Crippen molar-refractivity contribution in [3.63, 3.8) is 0 Å². The summed E-state index contributed by atoms with van der Waals surface area (Å²) in [7, 11) is 1.54. The largest absolute Gasteiger partial charge is 0.497 e. The summed E-state index contributed by atoms with van der Waals surface area (Å²) in [5.41, 5.74) is 0.593. The zero-order chi connectivity index (χ0) is 23.7. The van der Waals surface area contributed by atoms with E-state index in [-0.39, 0.29) is 12.4 Å². The van der Waals surface area contributed by atoms with Crippen LogP contribution < -0.4 is 15.4 Å². The predicted molar refractivity (Wildman–Crippen MR) is 124 cm³/mol. The van der Waals surface area contributed by atoms with Crippen molar-refractivity contribution in [3.8, 4) is 34.7 Å². The van der Waals surface area contributed by atoms with Crippen molar-refractivity contribution in [3.05, 3.63) is 72.8 Å². The van der Waals surface area contributed by atoms with Crippen LogP contribution in [0.5, 0.6) is 11.6 Å². The molecule has 34 heavy (non-hydrogen) atoms. The molecule has 0 saturated carbocycles. The molecule has 0 spiro atoms. The number of carbonyl (C=O) groups excluding carboxylic acids is 2. The number of methoxy groups -OCH3 is 1. The third-order valence-corrected chi connectivity index (χ3v) is 5.56. The van der Waals surface area contributed by atoms with Gasteiger partial charge in [0.05, 0.1) is 19.3 Å². The Balaban J connectivity index is 1.48. The van der Waals surface area contributed by atoms with E-state index in [4.69, 9.17) is 4.74 Å². The molecule has 0 bridgehead atoms. The molecule has 3 N–H and O–H groups in total. The number of aromatic nitrogens is 3. The molecule has 1 fully saturated rings. The van der Waals surface area contributed by atoms with E-state index in [2.05, 4.69) is 32.4 Å². The number of pyridine rings is 2. The van der Waals surface area contributed by atoms with Gasteiger partial charge in [0.1, 0.15) is 5.75 Å². The minimum absolute atomic E-state index is 0.0634. The first-order chi connectivity index (χ1) is 16.5. The van der Waals surface area contributed by atoms with Crippen molar-refractivity contribution in [1.82, 2.24) is 25.2 Å². The van der Waals surface area contributed by atoms with Crippen LogP contribution in [0.1, 0.15) is 5.56 Å². The van der Waals surface area contributed by atoms with Crippen LogP contribution in [0.25, 0.3) is 22.0 Å². The van der Waals surface area contributed by atoms with Crippen LogP contribution in [-0.2, 0) is 11.3 Å².